The van der Waals surface area contributed by atoms with Crippen LogP contribution in [0.25, 0.3) is 0 Å². The molecule has 0 aliphatic heterocycles. The normalized spacial score (nSPS) is 10.2. The second kappa shape index (κ2) is 8.13. The number of hydrogen-bond donors (Lipinski definition) is 2. The van der Waals surface area contributed by atoms with E-state index in [0.717, 1.165) is 5.56 Å². The molecule has 2 aromatic rings. The average molecular weight is 347 g/mol. The Morgan fingerprint density at radius 2 is 2.17 bits per heavy atom. The Morgan fingerprint density at radius 3 is 2.88 bits per heavy atom. The number of nitrogens with one attached hydrogen (secondary N) is 2. The number of aryl methyl sites for hydroxylation is 1. The first-order valence-corrected chi connectivity index (χ1v) is 7.62. The molecule has 8 heteroatoms. The largest absolute Gasteiger partial charge is 0.354 e. The molecule has 0 aliphatic carbocycles. The fraction of sp³-hybridized carbons (Fsp3) is 0.250. The fourth-order valence-electron chi connectivity index (χ4n) is 2.11. The summed E-state index contributed by atoms with van der Waals surface area (Å²) >= 11 is 5.88. The predicted molar refractivity (Wildman–Crippen MR) is 88.8 cm³/mol. The summed E-state index contributed by atoms with van der Waals surface area (Å²) in [5, 5.41) is 12.1. The first kappa shape index (κ1) is 17.5. The number of carbonyl (C=O) groups is 1. The molecule has 0 aliphatic rings. The maximum absolute atomic E-state index is 11.8. The van der Waals surface area contributed by atoms with Crippen LogP contribution in [0.3, 0.4) is 0 Å². The highest BCUT2D eigenvalue weighted by Crippen LogP contribution is 2.11. The molecule has 24 heavy (non-hydrogen) atoms. The number of benzene rings is 1. The van der Waals surface area contributed by atoms with Gasteiger partial charge in [0, 0.05) is 30.7 Å². The minimum Gasteiger partial charge on any atom is -0.354 e. The van der Waals surface area contributed by atoms with E-state index in [9.17, 15) is 14.4 Å². The van der Waals surface area contributed by atoms with Gasteiger partial charge in [0.15, 0.2) is 0 Å². The van der Waals surface area contributed by atoms with Crippen LogP contribution in [-0.2, 0) is 17.8 Å². The number of H-pyrrole nitrogens is 1. The number of aromatic nitrogens is 2. The number of hydrogen-bond acceptors (Lipinski definition) is 4. The quantitative estimate of drug-likeness (QED) is 0.806. The number of amides is 1. The number of nitriles is 1. The summed E-state index contributed by atoms with van der Waals surface area (Å²) in [6, 6.07) is 8.99. The van der Waals surface area contributed by atoms with Crippen LogP contribution in [0.4, 0.5) is 0 Å². The molecule has 1 aromatic heterocycles. The Kier molecular flexibility index (Phi) is 5.93. The van der Waals surface area contributed by atoms with Crippen LogP contribution < -0.4 is 16.6 Å². The lowest BCUT2D eigenvalue weighted by atomic mass is 10.1. The van der Waals surface area contributed by atoms with Gasteiger partial charge in [-0.3, -0.25) is 19.1 Å². The van der Waals surface area contributed by atoms with Gasteiger partial charge in [-0.1, -0.05) is 23.7 Å². The highest BCUT2D eigenvalue weighted by atomic mass is 35.5. The van der Waals surface area contributed by atoms with Crippen molar-refractivity contribution in [2.45, 2.75) is 19.4 Å². The molecule has 0 fully saturated rings. The summed E-state index contributed by atoms with van der Waals surface area (Å²) in [7, 11) is 0. The molecule has 0 unspecified atom stereocenters. The van der Waals surface area contributed by atoms with Gasteiger partial charge < -0.3 is 5.32 Å². The summed E-state index contributed by atoms with van der Waals surface area (Å²) in [6.45, 7) is 0.373. The van der Waals surface area contributed by atoms with Crippen molar-refractivity contribution >= 4 is 17.5 Å². The maximum atomic E-state index is 11.8. The zero-order chi connectivity index (χ0) is 17.5. The lowest BCUT2D eigenvalue weighted by Crippen LogP contribution is -2.35. The molecule has 0 saturated heterocycles. The van der Waals surface area contributed by atoms with Crippen LogP contribution in [0.1, 0.15) is 17.5 Å². The number of carbonyl (C=O) groups excluding carboxylic acids is 1. The highest BCUT2D eigenvalue weighted by Gasteiger charge is 2.05. The van der Waals surface area contributed by atoms with E-state index >= 15 is 0 Å². The van der Waals surface area contributed by atoms with Crippen molar-refractivity contribution in [3.05, 3.63) is 67.4 Å². The van der Waals surface area contributed by atoms with Gasteiger partial charge in [0.1, 0.15) is 11.6 Å². The van der Waals surface area contributed by atoms with Crippen molar-refractivity contribution in [3.8, 4) is 6.07 Å². The van der Waals surface area contributed by atoms with Crippen molar-refractivity contribution in [1.82, 2.24) is 14.9 Å². The van der Waals surface area contributed by atoms with Gasteiger partial charge in [0.2, 0.25) is 5.91 Å². The molecule has 1 aromatic carbocycles. The lowest BCUT2D eigenvalue weighted by molar-refractivity contribution is -0.121. The average Bonchev–Trinajstić information content (AvgIpc) is 2.55. The molecule has 2 N–H and O–H groups in total. The molecule has 124 valence electrons. The smallest absolute Gasteiger partial charge is 0.328 e. The van der Waals surface area contributed by atoms with Gasteiger partial charge in [-0.15, -0.1) is 0 Å². The molecule has 0 radical (unpaired) electrons. The molecule has 0 bridgehead atoms. The van der Waals surface area contributed by atoms with Crippen molar-refractivity contribution in [2.24, 2.45) is 0 Å². The molecule has 7 nitrogen and oxygen atoms in total. The van der Waals surface area contributed by atoms with Crippen molar-refractivity contribution in [2.75, 3.05) is 6.54 Å². The Labute approximate surface area is 142 Å². The monoisotopic (exact) mass is 346 g/mol. The zero-order valence-corrected chi connectivity index (χ0v) is 13.5. The molecular weight excluding hydrogens is 332 g/mol. The lowest BCUT2D eigenvalue weighted by Gasteiger charge is -2.07. The van der Waals surface area contributed by atoms with Gasteiger partial charge in [0.25, 0.3) is 5.56 Å². The molecule has 1 amide bonds. The third-order valence-electron chi connectivity index (χ3n) is 3.34. The van der Waals surface area contributed by atoms with Crippen molar-refractivity contribution in [3.63, 3.8) is 0 Å². The number of halogens is 1. The predicted octanol–water partition coefficient (Wildman–Crippen LogP) is 0.811. The van der Waals surface area contributed by atoms with Gasteiger partial charge in [-0.05, 0) is 24.1 Å². The Morgan fingerprint density at radius 1 is 1.38 bits per heavy atom. The van der Waals surface area contributed by atoms with E-state index in [1.54, 1.807) is 18.2 Å². The Hall–Kier alpha value is -2.85. The first-order valence-electron chi connectivity index (χ1n) is 7.24. The molecule has 0 saturated carbocycles. The number of aromatic amines is 1. The van der Waals surface area contributed by atoms with Crippen LogP contribution in [0, 0.1) is 11.3 Å². The van der Waals surface area contributed by atoms with Gasteiger partial charge >= 0.3 is 5.69 Å². The molecular formula is C16H15ClN4O3. The second-order valence-corrected chi connectivity index (χ2v) is 5.52. The minimum atomic E-state index is -0.718. The highest BCUT2D eigenvalue weighted by molar-refractivity contribution is 6.30. The zero-order valence-electron chi connectivity index (χ0n) is 12.7. The Bertz CT molecular complexity index is 895. The van der Waals surface area contributed by atoms with Crippen molar-refractivity contribution in [1.29, 1.82) is 5.26 Å². The molecule has 2 rings (SSSR count). The summed E-state index contributed by atoms with van der Waals surface area (Å²) in [4.78, 5) is 36.7. The van der Waals surface area contributed by atoms with Crippen LogP contribution >= 0.6 is 11.6 Å². The summed E-state index contributed by atoms with van der Waals surface area (Å²) in [5.41, 5.74) is -0.522. The molecule has 0 atom stereocenters. The van der Waals surface area contributed by atoms with Crippen molar-refractivity contribution < 1.29 is 4.79 Å². The topological polar surface area (TPSA) is 108 Å². The summed E-state index contributed by atoms with van der Waals surface area (Å²) in [5.74, 6) is -0.159. The number of nitrogens with zero attached hydrogens (tertiary/aromatic N) is 2. The van der Waals surface area contributed by atoms with E-state index < -0.39 is 11.2 Å². The third kappa shape index (κ3) is 4.83. The van der Waals surface area contributed by atoms with E-state index in [1.807, 2.05) is 12.1 Å². The van der Waals surface area contributed by atoms with E-state index in [0.29, 0.717) is 17.9 Å². The van der Waals surface area contributed by atoms with Crippen LogP contribution in [0.5, 0.6) is 0 Å². The number of rotatable bonds is 6. The van der Waals surface area contributed by atoms with E-state index in [-0.39, 0.29) is 24.6 Å². The van der Waals surface area contributed by atoms with Crippen LogP contribution in [0.15, 0.2) is 40.1 Å². The van der Waals surface area contributed by atoms with Gasteiger partial charge in [-0.25, -0.2) is 4.79 Å². The van der Waals surface area contributed by atoms with Gasteiger partial charge in [0.05, 0.1) is 0 Å². The standard InChI is InChI=1S/C16H15ClN4O3/c17-13-3-1-2-11(8-13)4-5-14(22)19-6-7-21-10-12(9-18)15(23)20-16(21)24/h1-3,8,10H,4-7H2,(H,19,22)(H,20,23,24). The minimum absolute atomic E-state index is 0.151. The molecule has 0 spiro atoms. The fourth-order valence-corrected chi connectivity index (χ4v) is 2.32. The van der Waals surface area contributed by atoms with Crippen LogP contribution in [0.2, 0.25) is 5.02 Å². The SMILES string of the molecule is N#Cc1cn(CCNC(=O)CCc2cccc(Cl)c2)c(=O)[nH]c1=O. The van der Waals surface area contributed by atoms with Crippen LogP contribution in [-0.4, -0.2) is 22.0 Å². The van der Waals surface area contributed by atoms with Gasteiger partial charge in [-0.2, -0.15) is 5.26 Å². The van der Waals surface area contributed by atoms with E-state index in [1.165, 1.54) is 10.8 Å². The molecule has 1 heterocycles. The van der Waals surface area contributed by atoms with E-state index in [2.05, 4.69) is 10.3 Å². The Balaban J connectivity index is 1.84. The maximum Gasteiger partial charge on any atom is 0.328 e. The summed E-state index contributed by atoms with van der Waals surface area (Å²) in [6.07, 6.45) is 2.03. The van der Waals surface area contributed by atoms with E-state index in [4.69, 9.17) is 16.9 Å². The first-order chi connectivity index (χ1) is 11.5. The second-order valence-electron chi connectivity index (χ2n) is 5.09. The third-order valence-corrected chi connectivity index (χ3v) is 3.57. The summed E-state index contributed by atoms with van der Waals surface area (Å²) < 4.78 is 1.18.